The number of non-ortho nitro benzene ring substituents is 1. The van der Waals surface area contributed by atoms with Crippen LogP contribution < -0.4 is 9.47 Å². The van der Waals surface area contributed by atoms with Crippen LogP contribution in [0.2, 0.25) is 0 Å². The van der Waals surface area contributed by atoms with Crippen molar-refractivity contribution >= 4 is 15.8 Å². The van der Waals surface area contributed by atoms with Crippen molar-refractivity contribution in [2.45, 2.75) is 18.1 Å². The van der Waals surface area contributed by atoms with E-state index in [4.69, 9.17) is 13.7 Å². The molecule has 0 N–H and O–H groups in total. The zero-order valence-corrected chi connectivity index (χ0v) is 13.4. The largest absolute Gasteiger partial charge is 0.448 e. The maximum Gasteiger partial charge on any atom is 0.297 e. The van der Waals surface area contributed by atoms with Gasteiger partial charge in [0.25, 0.3) is 22.1 Å². The fourth-order valence-electron chi connectivity index (χ4n) is 2.09. The van der Waals surface area contributed by atoms with Gasteiger partial charge in [0.15, 0.2) is 11.5 Å². The summed E-state index contributed by atoms with van der Waals surface area (Å²) in [6.45, 7) is 1.46. The second-order valence-corrected chi connectivity index (χ2v) is 6.72. The van der Waals surface area contributed by atoms with E-state index in [0.717, 1.165) is 5.56 Å². The van der Waals surface area contributed by atoms with E-state index in [9.17, 15) is 18.5 Å². The molecule has 1 atom stereocenters. The molecule has 0 radical (unpaired) electrons. The van der Waals surface area contributed by atoms with Crippen LogP contribution in [0.15, 0.2) is 47.4 Å². The number of fused-ring (bicyclic) bond motifs is 1. The molecular weight excluding hydrogens is 338 g/mol. The number of nitro benzene ring substituents is 1. The number of nitro groups is 1. The fraction of sp³-hybridized carbons (Fsp3) is 0.200. The van der Waals surface area contributed by atoms with Gasteiger partial charge in [0.1, 0.15) is 6.61 Å². The van der Waals surface area contributed by atoms with Crippen LogP contribution in [0.1, 0.15) is 5.56 Å². The molecule has 0 fully saturated rings. The smallest absolute Gasteiger partial charge is 0.297 e. The van der Waals surface area contributed by atoms with Crippen LogP contribution in [0.3, 0.4) is 0 Å². The Kier molecular flexibility index (Phi) is 4.12. The fourth-order valence-corrected chi connectivity index (χ4v) is 2.99. The Morgan fingerprint density at radius 2 is 1.79 bits per heavy atom. The first-order valence-corrected chi connectivity index (χ1v) is 8.34. The summed E-state index contributed by atoms with van der Waals surface area (Å²) in [5, 5.41) is 10.7. The lowest BCUT2D eigenvalue weighted by atomic mass is 10.2. The number of ether oxygens (including phenoxy) is 2. The average Bonchev–Trinajstić information content (AvgIpc) is 2.95. The molecule has 1 aliphatic heterocycles. The highest BCUT2D eigenvalue weighted by Crippen LogP contribution is 2.37. The predicted molar refractivity (Wildman–Crippen MR) is 82.5 cm³/mol. The number of rotatable bonds is 5. The molecule has 2 aromatic rings. The molecule has 126 valence electrons. The monoisotopic (exact) mass is 351 g/mol. The number of hydrogen-bond donors (Lipinski definition) is 0. The molecule has 1 unspecified atom stereocenters. The Labute approximate surface area is 137 Å². The van der Waals surface area contributed by atoms with Gasteiger partial charge in [-0.2, -0.15) is 8.42 Å². The second-order valence-electron chi connectivity index (χ2n) is 5.11. The minimum Gasteiger partial charge on any atom is -0.448 e. The summed E-state index contributed by atoms with van der Waals surface area (Å²) in [7, 11) is -3.94. The molecule has 0 spiro atoms. The van der Waals surface area contributed by atoms with Gasteiger partial charge in [0.2, 0.25) is 0 Å². The van der Waals surface area contributed by atoms with Gasteiger partial charge < -0.3 is 9.47 Å². The topological polar surface area (TPSA) is 105 Å². The van der Waals surface area contributed by atoms with Crippen molar-refractivity contribution in [1.82, 2.24) is 0 Å². The SMILES string of the molecule is Cc1ccc(S(=O)(=O)OCC2Oc3ccc([N+](=O)[O-])cc3O2)cc1. The van der Waals surface area contributed by atoms with Crippen molar-refractivity contribution in [3.05, 3.63) is 58.1 Å². The quantitative estimate of drug-likeness (QED) is 0.463. The molecule has 0 amide bonds. The summed E-state index contributed by atoms with van der Waals surface area (Å²) >= 11 is 0. The van der Waals surface area contributed by atoms with E-state index < -0.39 is 21.3 Å². The first-order chi connectivity index (χ1) is 11.3. The van der Waals surface area contributed by atoms with Gasteiger partial charge in [-0.15, -0.1) is 0 Å². The molecule has 0 bridgehead atoms. The van der Waals surface area contributed by atoms with Gasteiger partial charge >= 0.3 is 0 Å². The normalized spacial score (nSPS) is 16.1. The van der Waals surface area contributed by atoms with Crippen LogP contribution in [-0.2, 0) is 14.3 Å². The van der Waals surface area contributed by atoms with Crippen molar-refractivity contribution in [2.75, 3.05) is 6.61 Å². The van der Waals surface area contributed by atoms with Crippen LogP contribution in [0.25, 0.3) is 0 Å². The predicted octanol–water partition coefficient (Wildman–Crippen LogP) is 2.41. The van der Waals surface area contributed by atoms with Gasteiger partial charge in [0.05, 0.1) is 15.9 Å². The summed E-state index contributed by atoms with van der Waals surface area (Å²) in [6, 6.07) is 10.1. The highest BCUT2D eigenvalue weighted by atomic mass is 32.2. The van der Waals surface area contributed by atoms with E-state index in [1.54, 1.807) is 12.1 Å². The standard InChI is InChI=1S/C15H13NO7S/c1-10-2-5-12(6-3-10)24(19,20)21-9-15-22-13-7-4-11(16(17)18)8-14(13)23-15/h2-8,15H,9H2,1H3. The number of benzene rings is 2. The molecule has 2 aromatic carbocycles. The van der Waals surface area contributed by atoms with Crippen LogP contribution >= 0.6 is 0 Å². The highest BCUT2D eigenvalue weighted by Gasteiger charge is 2.28. The lowest BCUT2D eigenvalue weighted by Crippen LogP contribution is -2.26. The van der Waals surface area contributed by atoms with Crippen molar-refractivity contribution < 1.29 is 27.0 Å². The summed E-state index contributed by atoms with van der Waals surface area (Å²) in [4.78, 5) is 10.2. The summed E-state index contributed by atoms with van der Waals surface area (Å²) in [5.74, 6) is 0.465. The van der Waals surface area contributed by atoms with E-state index in [-0.39, 0.29) is 22.9 Å². The molecule has 9 heteroatoms. The molecule has 8 nitrogen and oxygen atoms in total. The van der Waals surface area contributed by atoms with Gasteiger partial charge in [-0.3, -0.25) is 14.3 Å². The zero-order chi connectivity index (χ0) is 17.3. The molecule has 0 saturated carbocycles. The third-order valence-electron chi connectivity index (χ3n) is 3.32. The molecule has 1 aliphatic rings. The molecular formula is C15H13NO7S. The average molecular weight is 351 g/mol. The van der Waals surface area contributed by atoms with Crippen LogP contribution in [-0.4, -0.2) is 26.2 Å². The van der Waals surface area contributed by atoms with E-state index in [0.29, 0.717) is 5.75 Å². The molecule has 0 saturated heterocycles. The van der Waals surface area contributed by atoms with Crippen molar-refractivity contribution in [3.8, 4) is 11.5 Å². The van der Waals surface area contributed by atoms with Crippen LogP contribution in [0, 0.1) is 17.0 Å². The number of aryl methyl sites for hydroxylation is 1. The number of hydrogen-bond acceptors (Lipinski definition) is 7. The summed E-state index contributed by atoms with van der Waals surface area (Å²) in [6.07, 6.45) is -0.998. The van der Waals surface area contributed by atoms with Gasteiger partial charge in [-0.1, -0.05) is 17.7 Å². The van der Waals surface area contributed by atoms with Gasteiger partial charge in [-0.05, 0) is 25.1 Å². The Balaban J connectivity index is 1.66. The Hall–Kier alpha value is -2.65. The molecule has 0 aromatic heterocycles. The molecule has 24 heavy (non-hydrogen) atoms. The maximum atomic E-state index is 12.1. The number of nitrogens with zero attached hydrogens (tertiary/aromatic N) is 1. The molecule has 0 aliphatic carbocycles. The third kappa shape index (κ3) is 3.31. The first kappa shape index (κ1) is 16.2. The van der Waals surface area contributed by atoms with Crippen molar-refractivity contribution in [1.29, 1.82) is 0 Å². The van der Waals surface area contributed by atoms with E-state index >= 15 is 0 Å². The maximum absolute atomic E-state index is 12.1. The van der Waals surface area contributed by atoms with Gasteiger partial charge in [0, 0.05) is 6.07 Å². The lowest BCUT2D eigenvalue weighted by Gasteiger charge is -2.11. The van der Waals surface area contributed by atoms with Gasteiger partial charge in [-0.25, -0.2) is 0 Å². The lowest BCUT2D eigenvalue weighted by molar-refractivity contribution is -0.384. The van der Waals surface area contributed by atoms with Crippen LogP contribution in [0.4, 0.5) is 5.69 Å². The summed E-state index contributed by atoms with van der Waals surface area (Å²) in [5.41, 5.74) is 0.777. The van der Waals surface area contributed by atoms with Crippen molar-refractivity contribution in [2.24, 2.45) is 0 Å². The van der Waals surface area contributed by atoms with E-state index in [1.807, 2.05) is 6.92 Å². The Morgan fingerprint density at radius 3 is 2.46 bits per heavy atom. The summed E-state index contributed by atoms with van der Waals surface area (Å²) < 4.78 is 39.8. The second kappa shape index (κ2) is 6.10. The minimum atomic E-state index is -3.94. The highest BCUT2D eigenvalue weighted by molar-refractivity contribution is 7.86. The molecule has 1 heterocycles. The third-order valence-corrected chi connectivity index (χ3v) is 4.62. The minimum absolute atomic E-state index is 0.0271. The molecule has 3 rings (SSSR count). The Morgan fingerprint density at radius 1 is 1.12 bits per heavy atom. The first-order valence-electron chi connectivity index (χ1n) is 6.93. The van der Waals surface area contributed by atoms with Crippen LogP contribution in [0.5, 0.6) is 11.5 Å². The zero-order valence-electron chi connectivity index (χ0n) is 12.5. The van der Waals surface area contributed by atoms with E-state index in [1.165, 1.54) is 30.3 Å². The Bertz CT molecular complexity index is 877. The van der Waals surface area contributed by atoms with Crippen molar-refractivity contribution in [3.63, 3.8) is 0 Å². The van der Waals surface area contributed by atoms with E-state index in [2.05, 4.69) is 0 Å².